The zero-order valence-corrected chi connectivity index (χ0v) is 12.1. The van der Waals surface area contributed by atoms with Crippen LogP contribution in [0.2, 0.25) is 0 Å². The Morgan fingerprint density at radius 3 is 2.57 bits per heavy atom. The second-order valence-corrected chi connectivity index (χ2v) is 4.92. The molecule has 1 aliphatic heterocycles. The highest BCUT2D eigenvalue weighted by molar-refractivity contribution is 5.96. The molecule has 21 heavy (non-hydrogen) atoms. The van der Waals surface area contributed by atoms with Crippen molar-refractivity contribution in [3.05, 3.63) is 65.2 Å². The maximum absolute atomic E-state index is 11.6. The maximum Gasteiger partial charge on any atom is 0.159 e. The molecule has 0 saturated heterocycles. The first kappa shape index (κ1) is 13.4. The third kappa shape index (κ3) is 2.55. The summed E-state index contributed by atoms with van der Waals surface area (Å²) in [5.41, 5.74) is 3.82. The Hall–Kier alpha value is -2.55. The van der Waals surface area contributed by atoms with Gasteiger partial charge in [0.15, 0.2) is 5.78 Å². The number of carbonyl (C=O) groups is 1. The molecule has 0 N–H and O–H groups in total. The highest BCUT2D eigenvalue weighted by Gasteiger charge is 2.17. The van der Waals surface area contributed by atoms with E-state index in [1.54, 1.807) is 20.1 Å². The van der Waals surface area contributed by atoms with Crippen molar-refractivity contribution in [2.45, 2.75) is 6.92 Å². The third-order valence-electron chi connectivity index (χ3n) is 3.60. The molecule has 0 saturated carbocycles. The number of rotatable bonds is 3. The highest BCUT2D eigenvalue weighted by Crippen LogP contribution is 2.35. The van der Waals surface area contributed by atoms with E-state index in [1.807, 2.05) is 42.5 Å². The Morgan fingerprint density at radius 1 is 1.14 bits per heavy atom. The smallest absolute Gasteiger partial charge is 0.159 e. The number of carbonyl (C=O) groups excluding carboxylic acids is 1. The Balaban J connectivity index is 2.06. The standard InChI is InChI=1S/C18H16O3/c1-12(19)14-5-8-18-17(11-14)16(9-10-21-18)13-3-6-15(20-2)7-4-13/h3-9,11H,10H2,1-2H3. The molecule has 3 rings (SSSR count). The fourth-order valence-electron chi connectivity index (χ4n) is 2.45. The van der Waals surface area contributed by atoms with Gasteiger partial charge in [0.2, 0.25) is 0 Å². The molecule has 2 aromatic carbocycles. The number of Topliss-reactive ketones (excluding diaryl/α,β-unsaturated/α-hetero) is 1. The van der Waals surface area contributed by atoms with Gasteiger partial charge in [-0.2, -0.15) is 0 Å². The molecule has 3 nitrogen and oxygen atoms in total. The highest BCUT2D eigenvalue weighted by atomic mass is 16.5. The molecule has 0 fully saturated rings. The lowest BCUT2D eigenvalue weighted by Crippen LogP contribution is -2.07. The van der Waals surface area contributed by atoms with Gasteiger partial charge in [-0.1, -0.05) is 12.1 Å². The average Bonchev–Trinajstić information content (AvgIpc) is 2.54. The van der Waals surface area contributed by atoms with Crippen LogP contribution >= 0.6 is 0 Å². The van der Waals surface area contributed by atoms with Crippen LogP contribution in [0.5, 0.6) is 11.5 Å². The Labute approximate surface area is 123 Å². The number of ketones is 1. The van der Waals surface area contributed by atoms with E-state index in [4.69, 9.17) is 9.47 Å². The monoisotopic (exact) mass is 280 g/mol. The molecule has 2 aromatic rings. The largest absolute Gasteiger partial charge is 0.497 e. The van der Waals surface area contributed by atoms with Crippen LogP contribution in [0.25, 0.3) is 5.57 Å². The van der Waals surface area contributed by atoms with Gasteiger partial charge in [-0.15, -0.1) is 0 Å². The van der Waals surface area contributed by atoms with Crippen LogP contribution in [-0.2, 0) is 0 Å². The normalized spacial score (nSPS) is 13.0. The van der Waals surface area contributed by atoms with Gasteiger partial charge >= 0.3 is 0 Å². The van der Waals surface area contributed by atoms with Crippen LogP contribution < -0.4 is 9.47 Å². The molecule has 0 spiro atoms. The molecular formula is C18H16O3. The van der Waals surface area contributed by atoms with Gasteiger partial charge in [-0.25, -0.2) is 0 Å². The number of methoxy groups -OCH3 is 1. The van der Waals surface area contributed by atoms with Gasteiger partial charge in [0.25, 0.3) is 0 Å². The van der Waals surface area contributed by atoms with Crippen molar-refractivity contribution in [1.29, 1.82) is 0 Å². The fraction of sp³-hybridized carbons (Fsp3) is 0.167. The minimum atomic E-state index is 0.0532. The van der Waals surface area contributed by atoms with Gasteiger partial charge in [0, 0.05) is 11.1 Å². The fourth-order valence-corrected chi connectivity index (χ4v) is 2.45. The van der Waals surface area contributed by atoms with E-state index in [0.717, 1.165) is 28.2 Å². The van der Waals surface area contributed by atoms with Crippen LogP contribution in [0, 0.1) is 0 Å². The lowest BCUT2D eigenvalue weighted by molar-refractivity contribution is 0.101. The zero-order valence-electron chi connectivity index (χ0n) is 12.1. The van der Waals surface area contributed by atoms with Crippen LogP contribution in [0.4, 0.5) is 0 Å². The van der Waals surface area contributed by atoms with E-state index in [2.05, 4.69) is 0 Å². The summed E-state index contributed by atoms with van der Waals surface area (Å²) in [7, 11) is 1.65. The minimum Gasteiger partial charge on any atom is -0.497 e. The van der Waals surface area contributed by atoms with E-state index in [9.17, 15) is 4.79 Å². The summed E-state index contributed by atoms with van der Waals surface area (Å²) in [4.78, 5) is 11.6. The molecule has 0 bridgehead atoms. The quantitative estimate of drug-likeness (QED) is 0.804. The van der Waals surface area contributed by atoms with E-state index in [-0.39, 0.29) is 5.78 Å². The summed E-state index contributed by atoms with van der Waals surface area (Å²) < 4.78 is 10.8. The van der Waals surface area contributed by atoms with Crippen molar-refractivity contribution in [3.8, 4) is 11.5 Å². The van der Waals surface area contributed by atoms with E-state index in [0.29, 0.717) is 12.2 Å². The third-order valence-corrected chi connectivity index (χ3v) is 3.60. The van der Waals surface area contributed by atoms with Gasteiger partial charge in [-0.05, 0) is 54.5 Å². The summed E-state index contributed by atoms with van der Waals surface area (Å²) in [6.07, 6.45) is 2.04. The molecule has 3 heteroatoms. The number of fused-ring (bicyclic) bond motifs is 1. The molecule has 0 aromatic heterocycles. The van der Waals surface area contributed by atoms with Gasteiger partial charge < -0.3 is 9.47 Å². The van der Waals surface area contributed by atoms with Crippen molar-refractivity contribution in [2.75, 3.05) is 13.7 Å². The number of benzene rings is 2. The van der Waals surface area contributed by atoms with Crippen molar-refractivity contribution in [2.24, 2.45) is 0 Å². The number of ether oxygens (including phenoxy) is 2. The van der Waals surface area contributed by atoms with Crippen molar-refractivity contribution < 1.29 is 14.3 Å². The summed E-state index contributed by atoms with van der Waals surface area (Å²) >= 11 is 0. The van der Waals surface area contributed by atoms with Crippen LogP contribution in [-0.4, -0.2) is 19.5 Å². The van der Waals surface area contributed by atoms with Crippen LogP contribution in [0.1, 0.15) is 28.4 Å². The minimum absolute atomic E-state index is 0.0532. The predicted octanol–water partition coefficient (Wildman–Crippen LogP) is 3.72. The Kier molecular flexibility index (Phi) is 3.48. The van der Waals surface area contributed by atoms with Gasteiger partial charge in [0.1, 0.15) is 18.1 Å². The van der Waals surface area contributed by atoms with Crippen LogP contribution in [0.3, 0.4) is 0 Å². The second-order valence-electron chi connectivity index (χ2n) is 4.92. The van der Waals surface area contributed by atoms with E-state index >= 15 is 0 Å². The molecule has 106 valence electrons. The number of hydrogen-bond donors (Lipinski definition) is 0. The Bertz CT molecular complexity index is 712. The first-order chi connectivity index (χ1) is 10.2. The molecular weight excluding hydrogens is 264 g/mol. The van der Waals surface area contributed by atoms with E-state index in [1.165, 1.54) is 0 Å². The first-order valence-electron chi connectivity index (χ1n) is 6.82. The molecule has 0 amide bonds. The Morgan fingerprint density at radius 2 is 1.90 bits per heavy atom. The molecule has 0 unspecified atom stereocenters. The summed E-state index contributed by atoms with van der Waals surface area (Å²) in [5, 5.41) is 0. The van der Waals surface area contributed by atoms with Gasteiger partial charge in [0.05, 0.1) is 7.11 Å². The van der Waals surface area contributed by atoms with Gasteiger partial charge in [-0.3, -0.25) is 4.79 Å². The van der Waals surface area contributed by atoms with Crippen molar-refractivity contribution >= 4 is 11.4 Å². The van der Waals surface area contributed by atoms with E-state index < -0.39 is 0 Å². The van der Waals surface area contributed by atoms with Crippen molar-refractivity contribution in [1.82, 2.24) is 0 Å². The molecule has 1 heterocycles. The maximum atomic E-state index is 11.6. The lowest BCUT2D eigenvalue weighted by atomic mass is 9.93. The number of hydrogen-bond acceptors (Lipinski definition) is 3. The molecule has 0 aliphatic carbocycles. The molecule has 0 atom stereocenters. The summed E-state index contributed by atoms with van der Waals surface area (Å²) in [6.45, 7) is 2.11. The first-order valence-corrected chi connectivity index (χ1v) is 6.82. The topological polar surface area (TPSA) is 35.5 Å². The zero-order chi connectivity index (χ0) is 14.8. The summed E-state index contributed by atoms with van der Waals surface area (Å²) in [5.74, 6) is 1.69. The second kappa shape index (κ2) is 5.44. The van der Waals surface area contributed by atoms with Crippen LogP contribution in [0.15, 0.2) is 48.5 Å². The average molecular weight is 280 g/mol. The summed E-state index contributed by atoms with van der Waals surface area (Å²) in [6, 6.07) is 13.5. The predicted molar refractivity (Wildman–Crippen MR) is 82.0 cm³/mol. The molecule has 1 aliphatic rings. The SMILES string of the molecule is COc1ccc(C2=CCOc3ccc(C(C)=O)cc32)cc1. The lowest BCUT2D eigenvalue weighted by Gasteiger charge is -2.19. The van der Waals surface area contributed by atoms with Crippen molar-refractivity contribution in [3.63, 3.8) is 0 Å². The molecule has 0 radical (unpaired) electrons.